The Bertz CT molecular complexity index is 1040. The Morgan fingerprint density at radius 3 is 2.62 bits per heavy atom. The van der Waals surface area contributed by atoms with Crippen molar-refractivity contribution in [2.75, 3.05) is 26.2 Å². The molecule has 1 unspecified atom stereocenters. The van der Waals surface area contributed by atoms with E-state index in [9.17, 15) is 23.2 Å². The van der Waals surface area contributed by atoms with Gasteiger partial charge in [-0.25, -0.2) is 8.78 Å². The SMILES string of the molecule is CC(C)C(=O)CNC(=O)c1cccc(C2CCCN(C(=O)CNCc3ccc(F)cc3F)C2)c1. The van der Waals surface area contributed by atoms with Gasteiger partial charge in [-0.3, -0.25) is 14.4 Å². The van der Waals surface area contributed by atoms with Crippen LogP contribution in [0.3, 0.4) is 0 Å². The van der Waals surface area contributed by atoms with Crippen molar-refractivity contribution in [1.29, 1.82) is 0 Å². The first-order valence-electron chi connectivity index (χ1n) is 11.6. The van der Waals surface area contributed by atoms with Crippen LogP contribution in [0.5, 0.6) is 0 Å². The van der Waals surface area contributed by atoms with Crippen LogP contribution in [0.2, 0.25) is 0 Å². The number of ketones is 1. The van der Waals surface area contributed by atoms with E-state index in [2.05, 4.69) is 10.6 Å². The molecule has 34 heavy (non-hydrogen) atoms. The summed E-state index contributed by atoms with van der Waals surface area (Å²) in [6, 6.07) is 10.7. The average molecular weight is 472 g/mol. The maximum absolute atomic E-state index is 13.8. The molecule has 0 aliphatic carbocycles. The van der Waals surface area contributed by atoms with Gasteiger partial charge in [-0.15, -0.1) is 0 Å². The number of carbonyl (C=O) groups excluding carboxylic acids is 3. The molecular weight excluding hydrogens is 440 g/mol. The average Bonchev–Trinajstić information content (AvgIpc) is 2.83. The first-order chi connectivity index (χ1) is 16.2. The first kappa shape index (κ1) is 25.5. The highest BCUT2D eigenvalue weighted by Crippen LogP contribution is 2.27. The fourth-order valence-electron chi connectivity index (χ4n) is 3.96. The Kier molecular flexibility index (Phi) is 8.87. The number of piperidine rings is 1. The van der Waals surface area contributed by atoms with E-state index >= 15 is 0 Å². The Hall–Kier alpha value is -3.13. The van der Waals surface area contributed by atoms with E-state index in [0.717, 1.165) is 24.5 Å². The van der Waals surface area contributed by atoms with Crippen LogP contribution in [0.15, 0.2) is 42.5 Å². The molecule has 0 bridgehead atoms. The number of halogens is 2. The van der Waals surface area contributed by atoms with Crippen molar-refractivity contribution in [3.63, 3.8) is 0 Å². The summed E-state index contributed by atoms with van der Waals surface area (Å²) in [4.78, 5) is 38.7. The summed E-state index contributed by atoms with van der Waals surface area (Å²) >= 11 is 0. The second kappa shape index (κ2) is 11.8. The predicted molar refractivity (Wildman–Crippen MR) is 125 cm³/mol. The van der Waals surface area contributed by atoms with Gasteiger partial charge in [0.25, 0.3) is 5.91 Å². The number of Topliss-reactive ketones (excluding diaryl/α,β-unsaturated/α-hetero) is 1. The standard InChI is InChI=1S/C26H31F2N3O3/c1-17(2)24(32)14-30-26(34)19-6-3-5-18(11-19)21-7-4-10-31(16-21)25(33)15-29-13-20-8-9-22(27)12-23(20)28/h3,5-6,8-9,11-12,17,21,29H,4,7,10,13-16H2,1-2H3,(H,30,34). The van der Waals surface area contributed by atoms with E-state index in [1.807, 2.05) is 18.2 Å². The first-order valence-corrected chi connectivity index (χ1v) is 11.6. The zero-order valence-electron chi connectivity index (χ0n) is 19.6. The monoisotopic (exact) mass is 471 g/mol. The van der Waals surface area contributed by atoms with Crippen molar-refractivity contribution in [2.24, 2.45) is 5.92 Å². The third-order valence-corrected chi connectivity index (χ3v) is 6.07. The summed E-state index contributed by atoms with van der Waals surface area (Å²) in [6.07, 6.45) is 1.73. The number of hydrogen-bond acceptors (Lipinski definition) is 4. The lowest BCUT2D eigenvalue weighted by molar-refractivity contribution is -0.131. The Morgan fingerprint density at radius 1 is 1.09 bits per heavy atom. The van der Waals surface area contributed by atoms with Crippen molar-refractivity contribution < 1.29 is 23.2 Å². The third-order valence-electron chi connectivity index (χ3n) is 6.07. The number of carbonyl (C=O) groups is 3. The molecule has 1 aliphatic heterocycles. The van der Waals surface area contributed by atoms with Crippen molar-refractivity contribution in [3.8, 4) is 0 Å². The highest BCUT2D eigenvalue weighted by atomic mass is 19.1. The molecule has 2 aromatic rings. The maximum Gasteiger partial charge on any atom is 0.251 e. The van der Waals surface area contributed by atoms with Crippen molar-refractivity contribution >= 4 is 17.6 Å². The number of likely N-dealkylation sites (tertiary alicyclic amines) is 1. The van der Waals surface area contributed by atoms with Gasteiger partial charge in [-0.05, 0) is 36.6 Å². The smallest absolute Gasteiger partial charge is 0.251 e. The summed E-state index contributed by atoms with van der Waals surface area (Å²) in [5, 5.41) is 5.61. The van der Waals surface area contributed by atoms with Crippen molar-refractivity contribution in [3.05, 3.63) is 70.8 Å². The van der Waals surface area contributed by atoms with Crippen LogP contribution in [0.25, 0.3) is 0 Å². The van der Waals surface area contributed by atoms with Gasteiger partial charge < -0.3 is 15.5 Å². The highest BCUT2D eigenvalue weighted by Gasteiger charge is 2.25. The molecule has 1 aliphatic rings. The van der Waals surface area contributed by atoms with Crippen molar-refractivity contribution in [2.45, 2.75) is 39.2 Å². The number of rotatable bonds is 9. The second-order valence-electron chi connectivity index (χ2n) is 8.95. The molecule has 2 N–H and O–H groups in total. The fourth-order valence-corrected chi connectivity index (χ4v) is 3.96. The summed E-state index contributed by atoms with van der Waals surface area (Å²) in [6.45, 7) is 4.94. The van der Waals surface area contributed by atoms with Gasteiger partial charge in [0, 0.05) is 48.7 Å². The molecular formula is C26H31F2N3O3. The molecule has 1 heterocycles. The normalized spacial score (nSPS) is 15.9. The summed E-state index contributed by atoms with van der Waals surface area (Å²) in [5.41, 5.74) is 1.76. The number of benzene rings is 2. The van der Waals surface area contributed by atoms with Gasteiger partial charge in [0.2, 0.25) is 5.91 Å². The second-order valence-corrected chi connectivity index (χ2v) is 8.95. The van der Waals surface area contributed by atoms with E-state index in [4.69, 9.17) is 0 Å². The molecule has 0 radical (unpaired) electrons. The van der Waals surface area contributed by atoms with Gasteiger partial charge in [-0.1, -0.05) is 32.0 Å². The number of amides is 2. The molecule has 2 amide bonds. The topological polar surface area (TPSA) is 78.5 Å². The third kappa shape index (κ3) is 6.93. The molecule has 1 atom stereocenters. The molecule has 0 saturated carbocycles. The van der Waals surface area contributed by atoms with Crippen LogP contribution in [0.4, 0.5) is 8.78 Å². The number of nitrogens with zero attached hydrogens (tertiary/aromatic N) is 1. The van der Waals surface area contributed by atoms with E-state index in [1.54, 1.807) is 24.8 Å². The molecule has 6 nitrogen and oxygen atoms in total. The summed E-state index contributed by atoms with van der Waals surface area (Å²) in [7, 11) is 0. The minimum Gasteiger partial charge on any atom is -0.345 e. The Labute approximate surface area is 198 Å². The van der Waals surface area contributed by atoms with Crippen LogP contribution >= 0.6 is 0 Å². The largest absolute Gasteiger partial charge is 0.345 e. The predicted octanol–water partition coefficient (Wildman–Crippen LogP) is 3.42. The minimum atomic E-state index is -0.643. The van der Waals surface area contributed by atoms with Crippen LogP contribution in [0, 0.1) is 17.6 Å². The summed E-state index contributed by atoms with van der Waals surface area (Å²) in [5.74, 6) is -1.73. The zero-order valence-corrected chi connectivity index (χ0v) is 19.6. The molecule has 182 valence electrons. The van der Waals surface area contributed by atoms with E-state index in [-0.39, 0.29) is 49.1 Å². The highest BCUT2D eigenvalue weighted by molar-refractivity contribution is 5.97. The zero-order chi connectivity index (χ0) is 24.7. The van der Waals surface area contributed by atoms with E-state index < -0.39 is 11.6 Å². The lowest BCUT2D eigenvalue weighted by Crippen LogP contribution is -2.43. The molecule has 0 aromatic heterocycles. The van der Waals surface area contributed by atoms with Gasteiger partial charge in [0.1, 0.15) is 11.6 Å². The van der Waals surface area contributed by atoms with Crippen LogP contribution in [0.1, 0.15) is 54.1 Å². The van der Waals surface area contributed by atoms with Gasteiger partial charge >= 0.3 is 0 Å². The van der Waals surface area contributed by atoms with Gasteiger partial charge in [0.15, 0.2) is 5.78 Å². The van der Waals surface area contributed by atoms with Gasteiger partial charge in [-0.2, -0.15) is 0 Å². The molecule has 1 fully saturated rings. The quantitative estimate of drug-likeness (QED) is 0.588. The lowest BCUT2D eigenvalue weighted by atomic mass is 9.89. The number of nitrogens with one attached hydrogen (secondary N) is 2. The molecule has 0 spiro atoms. The molecule has 8 heteroatoms. The molecule has 1 saturated heterocycles. The van der Waals surface area contributed by atoms with E-state index in [0.29, 0.717) is 24.2 Å². The lowest BCUT2D eigenvalue weighted by Gasteiger charge is -2.33. The van der Waals surface area contributed by atoms with Crippen LogP contribution in [-0.2, 0) is 16.1 Å². The maximum atomic E-state index is 13.8. The van der Waals surface area contributed by atoms with Crippen LogP contribution in [-0.4, -0.2) is 48.7 Å². The van der Waals surface area contributed by atoms with Crippen LogP contribution < -0.4 is 10.6 Å². The Morgan fingerprint density at radius 2 is 1.88 bits per heavy atom. The fraction of sp³-hybridized carbons (Fsp3) is 0.423. The van der Waals surface area contributed by atoms with E-state index in [1.165, 1.54) is 12.1 Å². The van der Waals surface area contributed by atoms with Gasteiger partial charge in [0.05, 0.1) is 13.1 Å². The van der Waals surface area contributed by atoms with Crippen molar-refractivity contribution in [1.82, 2.24) is 15.5 Å². The molecule has 3 rings (SSSR count). The molecule has 2 aromatic carbocycles. The Balaban J connectivity index is 1.54. The minimum absolute atomic E-state index is 0.00125. The number of hydrogen-bond donors (Lipinski definition) is 2. The summed E-state index contributed by atoms with van der Waals surface area (Å²) < 4.78 is 26.8.